The van der Waals surface area contributed by atoms with Gasteiger partial charge in [0.05, 0.1) is 18.9 Å². The van der Waals surface area contributed by atoms with E-state index in [4.69, 9.17) is 10.2 Å². The molecule has 0 bridgehead atoms. The number of aliphatic hydroxyl groups excluding tert-OH is 1. The summed E-state index contributed by atoms with van der Waals surface area (Å²) in [6.45, 7) is 7.21. The Labute approximate surface area is 116 Å². The highest BCUT2D eigenvalue weighted by molar-refractivity contribution is 5.08. The highest BCUT2D eigenvalue weighted by Gasteiger charge is 2.31. The summed E-state index contributed by atoms with van der Waals surface area (Å²) in [6, 6.07) is 4.34. The van der Waals surface area contributed by atoms with Crippen LogP contribution in [0.3, 0.4) is 0 Å². The van der Waals surface area contributed by atoms with Gasteiger partial charge < -0.3 is 15.3 Å². The molecule has 1 rings (SSSR count). The lowest BCUT2D eigenvalue weighted by Crippen LogP contribution is -2.46. The van der Waals surface area contributed by atoms with Crippen LogP contribution in [0.4, 0.5) is 0 Å². The summed E-state index contributed by atoms with van der Waals surface area (Å²) in [5.74, 6) is 0.898. The van der Waals surface area contributed by atoms with E-state index >= 15 is 0 Å². The van der Waals surface area contributed by atoms with Crippen molar-refractivity contribution in [3.05, 3.63) is 24.2 Å². The Morgan fingerprint density at radius 3 is 2.37 bits per heavy atom. The molecule has 2 atom stereocenters. The third-order valence-corrected chi connectivity index (χ3v) is 3.84. The summed E-state index contributed by atoms with van der Waals surface area (Å²) >= 11 is 0. The predicted octanol–water partition coefficient (Wildman–Crippen LogP) is 2.54. The van der Waals surface area contributed by atoms with E-state index in [1.54, 1.807) is 6.26 Å². The van der Waals surface area contributed by atoms with Crippen molar-refractivity contribution in [2.24, 2.45) is 5.73 Å². The molecule has 0 aliphatic rings. The Balaban J connectivity index is 3.03. The van der Waals surface area contributed by atoms with Crippen LogP contribution >= 0.6 is 0 Å². The minimum Gasteiger partial charge on any atom is -0.468 e. The lowest BCUT2D eigenvalue weighted by Gasteiger charge is -2.38. The van der Waals surface area contributed by atoms with E-state index in [1.165, 1.54) is 0 Å². The molecule has 0 radical (unpaired) electrons. The van der Waals surface area contributed by atoms with Crippen LogP contribution in [-0.2, 0) is 0 Å². The molecule has 0 spiro atoms. The maximum atomic E-state index is 9.36. The molecule has 1 aromatic heterocycles. The van der Waals surface area contributed by atoms with E-state index < -0.39 is 0 Å². The van der Waals surface area contributed by atoms with Crippen LogP contribution in [0.25, 0.3) is 0 Å². The summed E-state index contributed by atoms with van der Waals surface area (Å²) in [4.78, 5) is 2.30. The first-order chi connectivity index (χ1) is 9.19. The second kappa shape index (κ2) is 8.35. The van der Waals surface area contributed by atoms with E-state index in [0.29, 0.717) is 12.6 Å². The lowest BCUT2D eigenvalue weighted by atomic mass is 9.98. The van der Waals surface area contributed by atoms with Gasteiger partial charge in [0.2, 0.25) is 0 Å². The van der Waals surface area contributed by atoms with Crippen LogP contribution < -0.4 is 5.73 Å². The van der Waals surface area contributed by atoms with Crippen LogP contribution in [0.2, 0.25) is 0 Å². The molecule has 0 saturated heterocycles. The van der Waals surface area contributed by atoms with Crippen molar-refractivity contribution in [1.82, 2.24) is 4.90 Å². The molecule has 0 aromatic carbocycles. The fourth-order valence-electron chi connectivity index (χ4n) is 2.73. The summed E-state index contributed by atoms with van der Waals surface area (Å²) < 4.78 is 5.58. The monoisotopic (exact) mass is 268 g/mol. The van der Waals surface area contributed by atoms with Crippen LogP contribution in [0, 0.1) is 0 Å². The van der Waals surface area contributed by atoms with E-state index in [0.717, 1.165) is 25.0 Å². The largest absolute Gasteiger partial charge is 0.468 e. The first kappa shape index (κ1) is 16.2. The number of furan rings is 1. The highest BCUT2D eigenvalue weighted by atomic mass is 16.3. The van der Waals surface area contributed by atoms with Crippen molar-refractivity contribution < 1.29 is 9.52 Å². The van der Waals surface area contributed by atoms with Gasteiger partial charge in [-0.2, -0.15) is 0 Å². The van der Waals surface area contributed by atoms with Gasteiger partial charge in [0.15, 0.2) is 0 Å². The lowest BCUT2D eigenvalue weighted by molar-refractivity contribution is 0.0698. The number of nitrogens with zero attached hydrogens (tertiary/aromatic N) is 1. The van der Waals surface area contributed by atoms with Gasteiger partial charge in [-0.15, -0.1) is 0 Å². The summed E-state index contributed by atoms with van der Waals surface area (Å²) in [7, 11) is 0. The van der Waals surface area contributed by atoms with Crippen LogP contribution in [0.5, 0.6) is 0 Å². The Morgan fingerprint density at radius 1 is 1.26 bits per heavy atom. The van der Waals surface area contributed by atoms with E-state index in [-0.39, 0.29) is 18.7 Å². The Bertz CT molecular complexity index is 323. The minimum absolute atomic E-state index is 0.0123. The molecular formula is C15H28N2O2. The average Bonchev–Trinajstić information content (AvgIpc) is 2.94. The quantitative estimate of drug-likeness (QED) is 0.722. The van der Waals surface area contributed by atoms with Crippen molar-refractivity contribution in [1.29, 1.82) is 0 Å². The third kappa shape index (κ3) is 4.06. The zero-order valence-corrected chi connectivity index (χ0v) is 12.4. The molecule has 0 aliphatic heterocycles. The predicted molar refractivity (Wildman–Crippen MR) is 77.9 cm³/mol. The second-order valence-corrected chi connectivity index (χ2v) is 4.96. The zero-order valence-electron chi connectivity index (χ0n) is 12.4. The molecule has 3 N–H and O–H groups in total. The standard InChI is InChI=1S/C15H28N2O2/c1-4-12(5-2)17(9-10-18)15(13(16)6-3)14-8-7-11-19-14/h7-8,11-13,15,18H,4-6,9-10,16H2,1-3H3. The number of hydrogen-bond acceptors (Lipinski definition) is 4. The van der Waals surface area contributed by atoms with E-state index in [9.17, 15) is 5.11 Å². The zero-order chi connectivity index (χ0) is 14.3. The van der Waals surface area contributed by atoms with Crippen molar-refractivity contribution in [2.45, 2.75) is 58.2 Å². The van der Waals surface area contributed by atoms with Crippen LogP contribution in [0.15, 0.2) is 22.8 Å². The number of rotatable bonds is 9. The number of nitrogens with two attached hydrogens (primary N) is 1. The smallest absolute Gasteiger partial charge is 0.122 e. The third-order valence-electron chi connectivity index (χ3n) is 3.84. The summed E-state index contributed by atoms with van der Waals surface area (Å²) in [6.07, 6.45) is 4.66. The molecule has 1 aromatic rings. The molecule has 4 nitrogen and oxygen atoms in total. The molecule has 0 fully saturated rings. The van der Waals surface area contributed by atoms with Gasteiger partial charge in [0.1, 0.15) is 5.76 Å². The number of aliphatic hydroxyl groups is 1. The summed E-state index contributed by atoms with van der Waals surface area (Å²) in [5.41, 5.74) is 6.30. The Morgan fingerprint density at radius 2 is 1.95 bits per heavy atom. The van der Waals surface area contributed by atoms with Gasteiger partial charge >= 0.3 is 0 Å². The molecule has 2 unspecified atom stereocenters. The van der Waals surface area contributed by atoms with Gasteiger partial charge in [0.25, 0.3) is 0 Å². The number of hydrogen-bond donors (Lipinski definition) is 2. The van der Waals surface area contributed by atoms with Gasteiger partial charge in [0, 0.05) is 18.6 Å². The van der Waals surface area contributed by atoms with Crippen LogP contribution in [-0.4, -0.2) is 35.2 Å². The van der Waals surface area contributed by atoms with E-state index in [2.05, 4.69) is 25.7 Å². The molecule has 0 amide bonds. The van der Waals surface area contributed by atoms with Crippen molar-refractivity contribution >= 4 is 0 Å². The SMILES string of the molecule is CCC(N)C(c1ccco1)N(CCO)C(CC)CC. The Kier molecular flexibility index (Phi) is 7.13. The summed E-state index contributed by atoms with van der Waals surface area (Å²) in [5, 5.41) is 9.36. The van der Waals surface area contributed by atoms with Gasteiger partial charge in [-0.1, -0.05) is 20.8 Å². The molecule has 19 heavy (non-hydrogen) atoms. The molecular weight excluding hydrogens is 240 g/mol. The van der Waals surface area contributed by atoms with E-state index in [1.807, 2.05) is 12.1 Å². The second-order valence-electron chi connectivity index (χ2n) is 4.96. The maximum Gasteiger partial charge on any atom is 0.122 e. The molecule has 4 heteroatoms. The normalized spacial score (nSPS) is 15.1. The first-order valence-corrected chi connectivity index (χ1v) is 7.35. The maximum absolute atomic E-state index is 9.36. The highest BCUT2D eigenvalue weighted by Crippen LogP contribution is 2.29. The minimum atomic E-state index is 0.0123. The fourth-order valence-corrected chi connectivity index (χ4v) is 2.73. The van der Waals surface area contributed by atoms with Gasteiger partial charge in [-0.25, -0.2) is 0 Å². The topological polar surface area (TPSA) is 62.6 Å². The van der Waals surface area contributed by atoms with Crippen molar-refractivity contribution in [3.63, 3.8) is 0 Å². The van der Waals surface area contributed by atoms with Crippen molar-refractivity contribution in [3.8, 4) is 0 Å². The van der Waals surface area contributed by atoms with Gasteiger partial charge in [-0.05, 0) is 31.4 Å². The molecule has 110 valence electrons. The fraction of sp³-hybridized carbons (Fsp3) is 0.733. The molecule has 0 saturated carbocycles. The van der Waals surface area contributed by atoms with Crippen molar-refractivity contribution in [2.75, 3.05) is 13.2 Å². The molecule has 0 aliphatic carbocycles. The molecule has 1 heterocycles. The average molecular weight is 268 g/mol. The Hall–Kier alpha value is -0.840. The first-order valence-electron chi connectivity index (χ1n) is 7.35. The van der Waals surface area contributed by atoms with Crippen LogP contribution in [0.1, 0.15) is 51.8 Å². The van der Waals surface area contributed by atoms with Gasteiger partial charge in [-0.3, -0.25) is 4.90 Å².